The van der Waals surface area contributed by atoms with Crippen molar-refractivity contribution >= 4 is 17.6 Å². The number of anilines is 1. The molecule has 7 heteroatoms. The van der Waals surface area contributed by atoms with Gasteiger partial charge in [-0.3, -0.25) is 4.79 Å². The van der Waals surface area contributed by atoms with Gasteiger partial charge in [0.15, 0.2) is 12.7 Å². The Bertz CT molecular complexity index is 829. The van der Waals surface area contributed by atoms with Crippen LogP contribution in [0.25, 0.3) is 0 Å². The molecule has 0 bridgehead atoms. The van der Waals surface area contributed by atoms with Crippen LogP contribution in [0.15, 0.2) is 48.5 Å². The van der Waals surface area contributed by atoms with E-state index >= 15 is 0 Å². The van der Waals surface area contributed by atoms with Crippen molar-refractivity contribution in [3.8, 4) is 11.8 Å². The molecule has 0 aliphatic carbocycles. The number of carbonyl (C=O) groups excluding carboxylic acids is 2. The largest absolute Gasteiger partial charge is 0.479 e. The van der Waals surface area contributed by atoms with Gasteiger partial charge in [0.25, 0.3) is 5.91 Å². The summed E-state index contributed by atoms with van der Waals surface area (Å²) >= 11 is 0. The summed E-state index contributed by atoms with van der Waals surface area (Å²) in [6.07, 6.45) is -0.924. The van der Waals surface area contributed by atoms with Crippen LogP contribution in [-0.4, -0.2) is 31.1 Å². The van der Waals surface area contributed by atoms with Crippen LogP contribution < -0.4 is 9.64 Å². The highest BCUT2D eigenvalue weighted by molar-refractivity contribution is 5.95. The monoisotopic (exact) mass is 370 g/mol. The molecule has 1 amide bonds. The van der Waals surface area contributed by atoms with Gasteiger partial charge in [-0.15, -0.1) is 0 Å². The number of likely N-dealkylation sites (N-methyl/N-ethyl adjacent to an activating group) is 1. The molecule has 0 aliphatic rings. The summed E-state index contributed by atoms with van der Waals surface area (Å²) in [5.74, 6) is -1.11. The molecule has 0 saturated carbocycles. The number of nitriles is 1. The minimum Gasteiger partial charge on any atom is -0.479 e. The summed E-state index contributed by atoms with van der Waals surface area (Å²) in [6.45, 7) is 3.16. The highest BCUT2D eigenvalue weighted by Gasteiger charge is 2.20. The van der Waals surface area contributed by atoms with Gasteiger partial charge in [0.05, 0.1) is 11.6 Å². The van der Waals surface area contributed by atoms with E-state index < -0.39 is 30.4 Å². The van der Waals surface area contributed by atoms with Crippen LogP contribution in [0.4, 0.5) is 10.1 Å². The Morgan fingerprint density at radius 3 is 2.33 bits per heavy atom. The van der Waals surface area contributed by atoms with Crippen molar-refractivity contribution in [1.29, 1.82) is 5.26 Å². The lowest BCUT2D eigenvalue weighted by Crippen LogP contribution is -2.36. The lowest BCUT2D eigenvalue weighted by atomic mass is 10.2. The van der Waals surface area contributed by atoms with Crippen LogP contribution in [-0.2, 0) is 14.3 Å². The lowest BCUT2D eigenvalue weighted by Gasteiger charge is -2.21. The first-order chi connectivity index (χ1) is 12.9. The smallest absolute Gasteiger partial charge is 0.347 e. The van der Waals surface area contributed by atoms with Gasteiger partial charge in [-0.05, 0) is 62.4 Å². The number of esters is 1. The number of carbonyl (C=O) groups is 2. The highest BCUT2D eigenvalue weighted by atomic mass is 19.1. The highest BCUT2D eigenvalue weighted by Crippen LogP contribution is 2.16. The van der Waals surface area contributed by atoms with E-state index in [0.717, 1.165) is 0 Å². The van der Waals surface area contributed by atoms with Gasteiger partial charge in [0.2, 0.25) is 0 Å². The molecule has 0 heterocycles. The fourth-order valence-corrected chi connectivity index (χ4v) is 2.31. The average molecular weight is 370 g/mol. The number of amides is 1. The number of ether oxygens (including phenoxy) is 2. The number of benzene rings is 2. The summed E-state index contributed by atoms with van der Waals surface area (Å²) in [4.78, 5) is 25.7. The van der Waals surface area contributed by atoms with Crippen molar-refractivity contribution in [2.75, 3.05) is 18.1 Å². The predicted molar refractivity (Wildman–Crippen MR) is 96.6 cm³/mol. The molecule has 0 saturated heterocycles. The quantitative estimate of drug-likeness (QED) is 0.700. The normalized spacial score (nSPS) is 11.2. The summed E-state index contributed by atoms with van der Waals surface area (Å²) in [6, 6.07) is 13.7. The first-order valence-corrected chi connectivity index (χ1v) is 8.34. The Morgan fingerprint density at radius 2 is 1.78 bits per heavy atom. The lowest BCUT2D eigenvalue weighted by molar-refractivity contribution is -0.154. The van der Waals surface area contributed by atoms with Gasteiger partial charge < -0.3 is 14.4 Å². The van der Waals surface area contributed by atoms with Crippen LogP contribution in [0, 0.1) is 17.1 Å². The zero-order chi connectivity index (χ0) is 19.8. The standard InChI is InChI=1S/C20H19FN2O4/c1-3-23(17-8-6-16(21)7-9-17)19(24)13-26-20(25)14(2)27-18-10-4-15(12-22)5-11-18/h4-11,14H,3,13H2,1-2H3/t14-/m0/s1. The van der Waals surface area contributed by atoms with E-state index in [0.29, 0.717) is 23.5 Å². The number of rotatable bonds is 7. The SMILES string of the molecule is CCN(C(=O)COC(=O)[C@H](C)Oc1ccc(C#N)cc1)c1ccc(F)cc1. The van der Waals surface area contributed by atoms with Crippen LogP contribution >= 0.6 is 0 Å². The fraction of sp³-hybridized carbons (Fsp3) is 0.250. The molecule has 0 aliphatic heterocycles. The molecule has 2 rings (SSSR count). The Morgan fingerprint density at radius 1 is 1.15 bits per heavy atom. The third-order valence-corrected chi connectivity index (χ3v) is 3.72. The van der Waals surface area contributed by atoms with Crippen molar-refractivity contribution in [3.05, 3.63) is 59.9 Å². The Hall–Kier alpha value is -3.40. The maximum absolute atomic E-state index is 13.0. The zero-order valence-corrected chi connectivity index (χ0v) is 15.0. The molecule has 0 N–H and O–H groups in total. The van der Waals surface area contributed by atoms with Gasteiger partial charge in [0, 0.05) is 12.2 Å². The molecule has 0 radical (unpaired) electrons. The fourth-order valence-electron chi connectivity index (χ4n) is 2.31. The van der Waals surface area contributed by atoms with Crippen molar-refractivity contribution in [1.82, 2.24) is 0 Å². The maximum atomic E-state index is 13.0. The predicted octanol–water partition coefficient (Wildman–Crippen LogP) is 3.06. The maximum Gasteiger partial charge on any atom is 0.347 e. The molecular weight excluding hydrogens is 351 g/mol. The summed E-state index contributed by atoms with van der Waals surface area (Å²) in [5, 5.41) is 8.76. The molecular formula is C20H19FN2O4. The van der Waals surface area contributed by atoms with E-state index in [1.165, 1.54) is 36.1 Å². The first-order valence-electron chi connectivity index (χ1n) is 8.34. The second kappa shape index (κ2) is 9.34. The molecule has 0 fully saturated rings. The van der Waals surface area contributed by atoms with Crippen LogP contribution in [0.2, 0.25) is 0 Å². The van der Waals surface area contributed by atoms with Gasteiger partial charge in [-0.25, -0.2) is 9.18 Å². The topological polar surface area (TPSA) is 79.6 Å². The number of nitrogens with zero attached hydrogens (tertiary/aromatic N) is 2. The molecule has 6 nitrogen and oxygen atoms in total. The number of hydrogen-bond acceptors (Lipinski definition) is 5. The van der Waals surface area contributed by atoms with Crippen molar-refractivity contribution < 1.29 is 23.5 Å². The first kappa shape index (κ1) is 19.9. The third-order valence-electron chi connectivity index (χ3n) is 3.72. The van der Waals surface area contributed by atoms with Crippen molar-refractivity contribution in [2.45, 2.75) is 20.0 Å². The summed E-state index contributed by atoms with van der Waals surface area (Å²) in [5.41, 5.74) is 0.991. The Kier molecular flexibility index (Phi) is 6.89. The van der Waals surface area contributed by atoms with Crippen LogP contribution in [0.3, 0.4) is 0 Å². The number of halogens is 1. The van der Waals surface area contributed by atoms with Crippen molar-refractivity contribution in [3.63, 3.8) is 0 Å². The third kappa shape index (κ3) is 5.54. The van der Waals surface area contributed by atoms with Crippen LogP contribution in [0.5, 0.6) is 5.75 Å². The second-order valence-electron chi connectivity index (χ2n) is 5.62. The van der Waals surface area contributed by atoms with E-state index in [1.54, 1.807) is 31.2 Å². The number of hydrogen-bond donors (Lipinski definition) is 0. The zero-order valence-electron chi connectivity index (χ0n) is 15.0. The molecule has 0 unspecified atom stereocenters. The van der Waals surface area contributed by atoms with E-state index in [2.05, 4.69) is 0 Å². The van der Waals surface area contributed by atoms with E-state index in [1.807, 2.05) is 6.07 Å². The van der Waals surface area contributed by atoms with Gasteiger partial charge in [0.1, 0.15) is 11.6 Å². The minimum atomic E-state index is -0.924. The second-order valence-corrected chi connectivity index (χ2v) is 5.62. The summed E-state index contributed by atoms with van der Waals surface area (Å²) in [7, 11) is 0. The van der Waals surface area contributed by atoms with E-state index in [4.69, 9.17) is 14.7 Å². The summed E-state index contributed by atoms with van der Waals surface area (Å²) < 4.78 is 23.5. The van der Waals surface area contributed by atoms with E-state index in [9.17, 15) is 14.0 Å². The molecule has 0 spiro atoms. The Labute approximate surface area is 156 Å². The molecule has 140 valence electrons. The molecule has 1 atom stereocenters. The van der Waals surface area contributed by atoms with Crippen molar-refractivity contribution in [2.24, 2.45) is 0 Å². The molecule has 0 aromatic heterocycles. The molecule has 2 aromatic rings. The molecule has 2 aromatic carbocycles. The van der Waals surface area contributed by atoms with E-state index in [-0.39, 0.29) is 0 Å². The Balaban J connectivity index is 1.89. The van der Waals surface area contributed by atoms with Gasteiger partial charge >= 0.3 is 5.97 Å². The van der Waals surface area contributed by atoms with Crippen LogP contribution in [0.1, 0.15) is 19.4 Å². The van der Waals surface area contributed by atoms with Gasteiger partial charge in [-0.2, -0.15) is 5.26 Å². The van der Waals surface area contributed by atoms with Gasteiger partial charge in [-0.1, -0.05) is 0 Å². The minimum absolute atomic E-state index is 0.347. The molecule has 27 heavy (non-hydrogen) atoms. The average Bonchev–Trinajstić information content (AvgIpc) is 2.68.